The van der Waals surface area contributed by atoms with E-state index in [2.05, 4.69) is 28.3 Å². The predicted molar refractivity (Wildman–Crippen MR) is 172 cm³/mol. The Kier molecular flexibility index (Phi) is 8.85. The molecule has 3 heterocycles. The van der Waals surface area contributed by atoms with Crippen molar-refractivity contribution in [1.82, 2.24) is 10.3 Å². The molecule has 0 spiro atoms. The van der Waals surface area contributed by atoms with Gasteiger partial charge in [-0.3, -0.25) is 9.78 Å². The minimum Gasteiger partial charge on any atom is -0.496 e. The van der Waals surface area contributed by atoms with Gasteiger partial charge in [-0.05, 0) is 74.1 Å². The van der Waals surface area contributed by atoms with Crippen molar-refractivity contribution in [3.8, 4) is 34.3 Å². The van der Waals surface area contributed by atoms with Crippen LogP contribution in [0, 0.1) is 17.2 Å². The highest BCUT2D eigenvalue weighted by Crippen LogP contribution is 2.39. The third kappa shape index (κ3) is 6.29. The first kappa shape index (κ1) is 30.4. The van der Waals surface area contributed by atoms with E-state index in [0.29, 0.717) is 65.4 Å². The highest BCUT2D eigenvalue weighted by molar-refractivity contribution is 5.96. The summed E-state index contributed by atoms with van der Waals surface area (Å²) in [6.07, 6.45) is 7.82. The number of methoxy groups -OCH3 is 1. The standard InChI is InChI=1S/C36H37FN4O4/c1-3-36(37)14-5-4-6-26(36)22-40-35(42)24-7-9-29(32(19-24)43-2)33-20-31-34(45-33)28(11-15-39-31)23-8-10-30(25(18-23)21-38)41-27-12-16-44-17-13-27/h3,7-11,15,18-20,26-27,41H,1,4-6,12-14,16-17,22H2,2H3,(H,40,42). The van der Waals surface area contributed by atoms with Crippen LogP contribution < -0.4 is 15.4 Å². The minimum absolute atomic E-state index is 0.240. The Balaban J connectivity index is 1.24. The first-order valence-corrected chi connectivity index (χ1v) is 15.5. The van der Waals surface area contributed by atoms with Gasteiger partial charge in [0.05, 0.1) is 23.9 Å². The lowest BCUT2D eigenvalue weighted by atomic mass is 9.76. The number of benzene rings is 2. The lowest BCUT2D eigenvalue weighted by molar-refractivity contribution is 0.0773. The van der Waals surface area contributed by atoms with Crippen LogP contribution in [0.4, 0.5) is 10.1 Å². The molecule has 2 fully saturated rings. The maximum absolute atomic E-state index is 15.2. The summed E-state index contributed by atoms with van der Waals surface area (Å²) >= 11 is 0. The fourth-order valence-corrected chi connectivity index (χ4v) is 6.42. The fourth-order valence-electron chi connectivity index (χ4n) is 6.42. The van der Waals surface area contributed by atoms with Gasteiger partial charge in [0.25, 0.3) is 5.91 Å². The summed E-state index contributed by atoms with van der Waals surface area (Å²) in [6, 6.07) is 17.2. The van der Waals surface area contributed by atoms with Crippen LogP contribution in [0.25, 0.3) is 33.6 Å². The highest BCUT2D eigenvalue weighted by Gasteiger charge is 2.38. The number of nitrogens with one attached hydrogen (secondary N) is 2. The van der Waals surface area contributed by atoms with E-state index in [4.69, 9.17) is 13.9 Å². The molecule has 2 N–H and O–H groups in total. The number of rotatable bonds is 9. The number of amides is 1. The van der Waals surface area contributed by atoms with Crippen molar-refractivity contribution in [2.75, 3.05) is 32.2 Å². The zero-order chi connectivity index (χ0) is 31.4. The quantitative estimate of drug-likeness (QED) is 0.190. The largest absolute Gasteiger partial charge is 0.496 e. The van der Waals surface area contributed by atoms with Gasteiger partial charge in [0, 0.05) is 55.1 Å². The van der Waals surface area contributed by atoms with Gasteiger partial charge in [-0.2, -0.15) is 5.26 Å². The fraction of sp³-hybridized carbons (Fsp3) is 0.361. The maximum atomic E-state index is 15.2. The number of carbonyl (C=O) groups excluding carboxylic acids is 1. The molecule has 2 aromatic carbocycles. The highest BCUT2D eigenvalue weighted by atomic mass is 19.1. The maximum Gasteiger partial charge on any atom is 0.251 e. The molecule has 2 aromatic heterocycles. The third-order valence-corrected chi connectivity index (χ3v) is 9.06. The molecule has 2 unspecified atom stereocenters. The van der Waals surface area contributed by atoms with E-state index in [9.17, 15) is 10.1 Å². The molecule has 1 amide bonds. The number of hydrogen-bond donors (Lipinski definition) is 2. The molecule has 45 heavy (non-hydrogen) atoms. The van der Waals surface area contributed by atoms with Crippen LogP contribution in [0.1, 0.15) is 54.4 Å². The van der Waals surface area contributed by atoms with Gasteiger partial charge in [0.2, 0.25) is 0 Å². The van der Waals surface area contributed by atoms with Gasteiger partial charge in [-0.15, -0.1) is 0 Å². The summed E-state index contributed by atoms with van der Waals surface area (Å²) < 4.78 is 32.7. The molecule has 232 valence electrons. The monoisotopic (exact) mass is 608 g/mol. The minimum atomic E-state index is -1.46. The molecule has 2 atom stereocenters. The number of nitriles is 1. The number of ether oxygens (including phenoxy) is 2. The second-order valence-electron chi connectivity index (χ2n) is 11.8. The molecule has 0 bridgehead atoms. The summed E-state index contributed by atoms with van der Waals surface area (Å²) in [5, 5.41) is 16.3. The Labute approximate surface area is 262 Å². The van der Waals surface area contributed by atoms with E-state index in [1.54, 1.807) is 24.4 Å². The van der Waals surface area contributed by atoms with Gasteiger partial charge < -0.3 is 24.5 Å². The Hall–Kier alpha value is -4.68. The molecular formula is C36H37FN4O4. The predicted octanol–water partition coefficient (Wildman–Crippen LogP) is 7.45. The Morgan fingerprint density at radius 2 is 2.00 bits per heavy atom. The number of aromatic nitrogens is 1. The summed E-state index contributed by atoms with van der Waals surface area (Å²) in [5.41, 5.74) is 3.84. The van der Waals surface area contributed by atoms with Crippen molar-refractivity contribution in [2.24, 2.45) is 5.92 Å². The Bertz CT molecular complexity index is 1760. The van der Waals surface area contributed by atoms with Gasteiger partial charge in [-0.25, -0.2) is 4.39 Å². The smallest absolute Gasteiger partial charge is 0.251 e. The van der Waals surface area contributed by atoms with Crippen molar-refractivity contribution < 1.29 is 23.1 Å². The van der Waals surface area contributed by atoms with Gasteiger partial charge >= 0.3 is 0 Å². The Morgan fingerprint density at radius 1 is 1.16 bits per heavy atom. The molecule has 1 saturated carbocycles. The van der Waals surface area contributed by atoms with E-state index in [0.717, 1.165) is 42.5 Å². The van der Waals surface area contributed by atoms with Crippen LogP contribution in [0.5, 0.6) is 5.75 Å². The average Bonchev–Trinajstić information content (AvgIpc) is 3.52. The summed E-state index contributed by atoms with van der Waals surface area (Å²) in [4.78, 5) is 17.6. The van der Waals surface area contributed by atoms with E-state index >= 15 is 4.39 Å². The zero-order valence-corrected chi connectivity index (χ0v) is 25.4. The second-order valence-corrected chi connectivity index (χ2v) is 11.8. The first-order valence-electron chi connectivity index (χ1n) is 15.5. The van der Waals surface area contributed by atoms with Crippen LogP contribution in [0.15, 0.2) is 71.8 Å². The number of fused-ring (bicyclic) bond motifs is 1. The number of allylic oxidation sites excluding steroid dienone is 1. The molecule has 4 aromatic rings. The average molecular weight is 609 g/mol. The number of nitrogens with zero attached hydrogens (tertiary/aromatic N) is 2. The van der Waals surface area contributed by atoms with Crippen LogP contribution >= 0.6 is 0 Å². The van der Waals surface area contributed by atoms with Crippen molar-refractivity contribution in [1.29, 1.82) is 5.26 Å². The van der Waals surface area contributed by atoms with Gasteiger partial charge in [0.1, 0.15) is 28.8 Å². The molecule has 1 aliphatic carbocycles. The third-order valence-electron chi connectivity index (χ3n) is 9.06. The molecular weight excluding hydrogens is 571 g/mol. The normalized spacial score (nSPS) is 20.3. The molecule has 8 nitrogen and oxygen atoms in total. The number of anilines is 1. The number of halogens is 1. The van der Waals surface area contributed by atoms with Crippen molar-refractivity contribution >= 4 is 22.7 Å². The van der Waals surface area contributed by atoms with Gasteiger partial charge in [0.15, 0.2) is 5.58 Å². The van der Waals surface area contributed by atoms with Crippen LogP contribution in [0.2, 0.25) is 0 Å². The molecule has 6 rings (SSSR count). The molecule has 1 saturated heterocycles. The van der Waals surface area contributed by atoms with E-state index < -0.39 is 5.67 Å². The van der Waals surface area contributed by atoms with Crippen LogP contribution in [-0.2, 0) is 4.74 Å². The number of alkyl halides is 1. The van der Waals surface area contributed by atoms with E-state index in [1.807, 2.05) is 30.3 Å². The zero-order valence-electron chi connectivity index (χ0n) is 25.4. The Morgan fingerprint density at radius 3 is 2.78 bits per heavy atom. The topological polar surface area (TPSA) is 109 Å². The number of pyridine rings is 1. The number of furan rings is 1. The molecule has 1 aliphatic heterocycles. The van der Waals surface area contributed by atoms with Crippen LogP contribution in [-0.4, -0.2) is 49.5 Å². The summed E-state index contributed by atoms with van der Waals surface area (Å²) in [5.74, 6) is 0.396. The summed E-state index contributed by atoms with van der Waals surface area (Å²) in [7, 11) is 1.54. The lowest BCUT2D eigenvalue weighted by Gasteiger charge is -2.35. The molecule has 0 radical (unpaired) electrons. The van der Waals surface area contributed by atoms with Crippen molar-refractivity contribution in [3.63, 3.8) is 0 Å². The summed E-state index contributed by atoms with van der Waals surface area (Å²) in [6.45, 7) is 5.35. The SMILES string of the molecule is C=CC1(F)CCCCC1CNC(=O)c1ccc(-c2cc3nccc(-c4ccc(NC5CCOCC5)c(C#N)c4)c3o2)c(OC)c1. The molecule has 9 heteroatoms. The molecule has 2 aliphatic rings. The number of hydrogen-bond acceptors (Lipinski definition) is 7. The van der Waals surface area contributed by atoms with Crippen molar-refractivity contribution in [3.05, 3.63) is 78.5 Å². The van der Waals surface area contributed by atoms with Gasteiger partial charge in [-0.1, -0.05) is 25.1 Å². The van der Waals surface area contributed by atoms with E-state index in [1.165, 1.54) is 13.2 Å². The first-order chi connectivity index (χ1) is 21.9. The van der Waals surface area contributed by atoms with Crippen LogP contribution in [0.3, 0.4) is 0 Å². The van der Waals surface area contributed by atoms with Crippen molar-refractivity contribution in [2.45, 2.75) is 50.2 Å². The van der Waals surface area contributed by atoms with E-state index in [-0.39, 0.29) is 24.4 Å². The number of carbonyl (C=O) groups is 1. The second kappa shape index (κ2) is 13.1. The lowest BCUT2D eigenvalue weighted by Crippen LogP contribution is -2.42.